The van der Waals surface area contributed by atoms with E-state index in [0.717, 1.165) is 12.8 Å². The molecule has 0 amide bonds. The van der Waals surface area contributed by atoms with Crippen LogP contribution in [-0.4, -0.2) is 39.5 Å². The zero-order chi connectivity index (χ0) is 14.6. The highest BCUT2D eigenvalue weighted by atomic mass is 32.2. The first-order chi connectivity index (χ1) is 9.60. The molecule has 1 heterocycles. The van der Waals surface area contributed by atoms with E-state index in [9.17, 15) is 10.1 Å². The minimum absolute atomic E-state index is 0.0850. The minimum atomic E-state index is -0.456. The second-order valence-electron chi connectivity index (χ2n) is 4.88. The average Bonchev–Trinajstić information content (AvgIpc) is 2.94. The zero-order valence-electron chi connectivity index (χ0n) is 11.7. The van der Waals surface area contributed by atoms with Gasteiger partial charge in [0.05, 0.1) is 4.92 Å². The molecule has 1 aliphatic rings. The molecule has 110 valence electrons. The first kappa shape index (κ1) is 14.8. The maximum atomic E-state index is 11.0. The van der Waals surface area contributed by atoms with E-state index in [0.29, 0.717) is 12.5 Å². The molecule has 2 N–H and O–H groups in total. The second-order valence-corrected chi connectivity index (χ2v) is 6.16. The monoisotopic (exact) mass is 297 g/mol. The maximum Gasteiger partial charge on any atom is 0.329 e. The number of thioether (sulfide) groups is 1. The molecule has 8 heteroatoms. The highest BCUT2D eigenvalue weighted by Crippen LogP contribution is 2.40. The van der Waals surface area contributed by atoms with Gasteiger partial charge in [-0.3, -0.25) is 10.1 Å². The lowest BCUT2D eigenvalue weighted by atomic mass is 10.1. The first-order valence-corrected chi connectivity index (χ1v) is 7.81. The Morgan fingerprint density at radius 2 is 2.20 bits per heavy atom. The summed E-state index contributed by atoms with van der Waals surface area (Å²) >= 11 is 1.83. The van der Waals surface area contributed by atoms with Gasteiger partial charge < -0.3 is 10.6 Å². The van der Waals surface area contributed by atoms with Crippen molar-refractivity contribution in [1.82, 2.24) is 9.97 Å². The molecular weight excluding hydrogens is 278 g/mol. The van der Waals surface area contributed by atoms with Crippen LogP contribution in [-0.2, 0) is 0 Å². The van der Waals surface area contributed by atoms with Crippen molar-refractivity contribution in [2.24, 2.45) is 0 Å². The number of nitro groups is 1. The van der Waals surface area contributed by atoms with Crippen LogP contribution in [0, 0.1) is 10.1 Å². The normalized spacial score (nSPS) is 16.9. The molecule has 0 saturated heterocycles. The Morgan fingerprint density at radius 1 is 1.50 bits per heavy atom. The van der Waals surface area contributed by atoms with Crippen LogP contribution < -0.4 is 10.6 Å². The highest BCUT2D eigenvalue weighted by molar-refractivity contribution is 8.00. The Kier molecular flexibility index (Phi) is 4.64. The SMILES string of the molecule is CNc1ncc([N+](=O)[O-])c(NCC2(SC)CCCC2)n1. The second kappa shape index (κ2) is 6.25. The first-order valence-electron chi connectivity index (χ1n) is 6.58. The number of aromatic nitrogens is 2. The minimum Gasteiger partial charge on any atom is -0.363 e. The molecule has 0 radical (unpaired) electrons. The molecule has 1 aliphatic carbocycles. The third-order valence-electron chi connectivity index (χ3n) is 3.72. The molecule has 0 unspecified atom stereocenters. The summed E-state index contributed by atoms with van der Waals surface area (Å²) in [4.78, 5) is 18.6. The zero-order valence-corrected chi connectivity index (χ0v) is 12.5. The van der Waals surface area contributed by atoms with E-state index < -0.39 is 4.92 Å². The lowest BCUT2D eigenvalue weighted by Gasteiger charge is -2.27. The molecule has 0 aromatic carbocycles. The van der Waals surface area contributed by atoms with Gasteiger partial charge in [-0.05, 0) is 19.1 Å². The molecule has 1 fully saturated rings. The Hall–Kier alpha value is -1.57. The van der Waals surface area contributed by atoms with Gasteiger partial charge in [-0.1, -0.05) is 12.8 Å². The van der Waals surface area contributed by atoms with Crippen LogP contribution in [0.25, 0.3) is 0 Å². The van der Waals surface area contributed by atoms with Crippen molar-refractivity contribution in [2.45, 2.75) is 30.4 Å². The molecule has 20 heavy (non-hydrogen) atoms. The van der Waals surface area contributed by atoms with Gasteiger partial charge in [0.2, 0.25) is 11.8 Å². The fourth-order valence-electron chi connectivity index (χ4n) is 2.48. The topological polar surface area (TPSA) is 93.0 Å². The fourth-order valence-corrected chi connectivity index (χ4v) is 3.39. The Morgan fingerprint density at radius 3 is 2.75 bits per heavy atom. The number of rotatable bonds is 6. The van der Waals surface area contributed by atoms with Crippen LogP contribution in [0.2, 0.25) is 0 Å². The third kappa shape index (κ3) is 3.12. The van der Waals surface area contributed by atoms with Crippen molar-refractivity contribution in [1.29, 1.82) is 0 Å². The fraction of sp³-hybridized carbons (Fsp3) is 0.667. The maximum absolute atomic E-state index is 11.0. The molecule has 1 aromatic rings. The van der Waals surface area contributed by atoms with Crippen LogP contribution in [0.3, 0.4) is 0 Å². The van der Waals surface area contributed by atoms with Crippen molar-refractivity contribution in [2.75, 3.05) is 30.5 Å². The molecule has 1 saturated carbocycles. The van der Waals surface area contributed by atoms with Crippen molar-refractivity contribution in [3.05, 3.63) is 16.3 Å². The van der Waals surface area contributed by atoms with Gasteiger partial charge in [0.15, 0.2) is 0 Å². The lowest BCUT2D eigenvalue weighted by molar-refractivity contribution is -0.384. The number of hydrogen-bond donors (Lipinski definition) is 2. The number of nitrogens with one attached hydrogen (secondary N) is 2. The van der Waals surface area contributed by atoms with Gasteiger partial charge in [0, 0.05) is 18.3 Å². The summed E-state index contributed by atoms with van der Waals surface area (Å²) in [6, 6.07) is 0. The largest absolute Gasteiger partial charge is 0.363 e. The molecule has 0 bridgehead atoms. The molecule has 0 spiro atoms. The van der Waals surface area contributed by atoms with E-state index >= 15 is 0 Å². The molecule has 7 nitrogen and oxygen atoms in total. The predicted molar refractivity (Wildman–Crippen MR) is 81.4 cm³/mol. The third-order valence-corrected chi connectivity index (χ3v) is 5.13. The van der Waals surface area contributed by atoms with Crippen molar-refractivity contribution in [3.63, 3.8) is 0 Å². The summed E-state index contributed by atoms with van der Waals surface area (Å²) in [5.74, 6) is 0.664. The standard InChI is InChI=1S/C12H19N5O2S/c1-13-11-14-7-9(17(18)19)10(16-11)15-8-12(20-2)5-3-4-6-12/h7H,3-6,8H2,1-2H3,(H2,13,14,15,16). The van der Waals surface area contributed by atoms with Crippen molar-refractivity contribution < 1.29 is 4.92 Å². The molecule has 0 atom stereocenters. The van der Waals surface area contributed by atoms with Crippen molar-refractivity contribution >= 4 is 29.2 Å². The van der Waals surface area contributed by atoms with Crippen LogP contribution in [0.1, 0.15) is 25.7 Å². The van der Waals surface area contributed by atoms with Gasteiger partial charge in [-0.15, -0.1) is 0 Å². The highest BCUT2D eigenvalue weighted by Gasteiger charge is 2.33. The smallest absolute Gasteiger partial charge is 0.329 e. The van der Waals surface area contributed by atoms with Gasteiger partial charge in [0.1, 0.15) is 6.20 Å². The van der Waals surface area contributed by atoms with E-state index in [1.807, 2.05) is 11.8 Å². The van der Waals surface area contributed by atoms with Crippen LogP contribution in [0.15, 0.2) is 6.20 Å². The Bertz CT molecular complexity index is 491. The van der Waals surface area contributed by atoms with Gasteiger partial charge in [-0.2, -0.15) is 16.7 Å². The summed E-state index contributed by atoms with van der Waals surface area (Å²) in [6.07, 6.45) is 8.05. The van der Waals surface area contributed by atoms with E-state index in [2.05, 4.69) is 26.9 Å². The summed E-state index contributed by atoms with van der Waals surface area (Å²) in [7, 11) is 1.69. The summed E-state index contributed by atoms with van der Waals surface area (Å²) in [5.41, 5.74) is -0.0850. The van der Waals surface area contributed by atoms with Gasteiger partial charge in [0.25, 0.3) is 0 Å². The Labute approximate surface area is 122 Å². The van der Waals surface area contributed by atoms with Crippen LogP contribution in [0.4, 0.5) is 17.5 Å². The van der Waals surface area contributed by atoms with E-state index in [-0.39, 0.29) is 16.3 Å². The molecular formula is C12H19N5O2S. The molecule has 1 aromatic heterocycles. The summed E-state index contributed by atoms with van der Waals surface area (Å²) in [5, 5.41) is 17.0. The lowest BCUT2D eigenvalue weighted by Crippen LogP contribution is -2.30. The quantitative estimate of drug-likeness (QED) is 0.615. The van der Waals surface area contributed by atoms with Gasteiger partial charge in [-0.25, -0.2) is 4.98 Å². The number of nitrogens with zero attached hydrogens (tertiary/aromatic N) is 3. The van der Waals surface area contributed by atoms with E-state index in [1.165, 1.54) is 19.0 Å². The van der Waals surface area contributed by atoms with Crippen LogP contribution >= 0.6 is 11.8 Å². The predicted octanol–water partition coefficient (Wildman–Crippen LogP) is 2.51. The van der Waals surface area contributed by atoms with Crippen LogP contribution in [0.5, 0.6) is 0 Å². The van der Waals surface area contributed by atoms with E-state index in [1.54, 1.807) is 7.05 Å². The average molecular weight is 297 g/mol. The molecule has 0 aliphatic heterocycles. The summed E-state index contributed by atoms with van der Waals surface area (Å²) in [6.45, 7) is 0.690. The Balaban J connectivity index is 2.16. The number of hydrogen-bond acceptors (Lipinski definition) is 7. The molecule has 2 rings (SSSR count). The number of anilines is 2. The van der Waals surface area contributed by atoms with Gasteiger partial charge >= 0.3 is 5.69 Å². The van der Waals surface area contributed by atoms with Crippen molar-refractivity contribution in [3.8, 4) is 0 Å². The summed E-state index contributed by atoms with van der Waals surface area (Å²) < 4.78 is 0.165. The van der Waals surface area contributed by atoms with E-state index in [4.69, 9.17) is 0 Å².